The van der Waals surface area contributed by atoms with Crippen molar-refractivity contribution in [1.29, 1.82) is 0 Å². The van der Waals surface area contributed by atoms with Crippen molar-refractivity contribution in [3.63, 3.8) is 0 Å². The molecule has 0 saturated carbocycles. The Labute approximate surface area is 171 Å². The van der Waals surface area contributed by atoms with Crippen molar-refractivity contribution in [1.82, 2.24) is 13.9 Å². The maximum Gasteiger partial charge on any atom is 0.338 e. The predicted molar refractivity (Wildman–Crippen MR) is 103 cm³/mol. The van der Waals surface area contributed by atoms with Crippen molar-refractivity contribution in [2.45, 2.75) is 11.5 Å². The van der Waals surface area contributed by atoms with Crippen LogP contribution in [0.5, 0.6) is 0 Å². The number of carbonyl (C=O) groups is 1. The molecule has 11 heteroatoms. The van der Waals surface area contributed by atoms with Gasteiger partial charge in [-0.25, -0.2) is 18.2 Å². The van der Waals surface area contributed by atoms with Crippen LogP contribution in [0.15, 0.2) is 47.6 Å². The molecule has 0 aliphatic rings. The number of fused-ring (bicyclic) bond motifs is 1. The van der Waals surface area contributed by atoms with E-state index in [1.165, 1.54) is 26.3 Å². The molecule has 0 N–H and O–H groups in total. The van der Waals surface area contributed by atoms with E-state index in [0.717, 1.165) is 6.07 Å². The molecule has 0 unspecified atom stereocenters. The second-order valence-corrected chi connectivity index (χ2v) is 8.41. The predicted octanol–water partition coefficient (Wildman–Crippen LogP) is 3.18. The van der Waals surface area contributed by atoms with E-state index in [9.17, 15) is 13.2 Å². The van der Waals surface area contributed by atoms with Gasteiger partial charge in [0.05, 0.1) is 28.4 Å². The number of hydrogen-bond donors (Lipinski definition) is 0. The summed E-state index contributed by atoms with van der Waals surface area (Å²) in [4.78, 5) is 21.1. The fourth-order valence-corrected chi connectivity index (χ4v) is 4.02. The average molecular weight is 444 g/mol. The smallest absolute Gasteiger partial charge is 0.338 e. The van der Waals surface area contributed by atoms with Gasteiger partial charge in [-0.2, -0.15) is 0 Å². The number of carbonyl (C=O) groups excluding carboxylic acids is 1. The first kappa shape index (κ1) is 20.6. The fourth-order valence-electron chi connectivity index (χ4n) is 2.37. The van der Waals surface area contributed by atoms with Crippen LogP contribution in [0.1, 0.15) is 16.1 Å². The van der Waals surface area contributed by atoms with Crippen LogP contribution in [0.2, 0.25) is 10.0 Å². The van der Waals surface area contributed by atoms with Crippen LogP contribution in [0.3, 0.4) is 0 Å². The zero-order valence-corrected chi connectivity index (χ0v) is 17.1. The second kappa shape index (κ2) is 8.06. The average Bonchev–Trinajstić information content (AvgIpc) is 3.07. The van der Waals surface area contributed by atoms with Gasteiger partial charge in [-0.05, 0) is 30.3 Å². The number of ether oxygens (including phenoxy) is 1. The summed E-state index contributed by atoms with van der Waals surface area (Å²) in [6.07, 6.45) is 3.36. The van der Waals surface area contributed by atoms with Crippen LogP contribution in [0.25, 0.3) is 5.65 Å². The maximum absolute atomic E-state index is 12.4. The van der Waals surface area contributed by atoms with E-state index in [4.69, 9.17) is 32.8 Å². The van der Waals surface area contributed by atoms with Gasteiger partial charge in [0.15, 0.2) is 0 Å². The van der Waals surface area contributed by atoms with Crippen LogP contribution in [-0.2, 0) is 26.2 Å². The molecule has 0 bridgehead atoms. The molecule has 0 radical (unpaired) electrons. The van der Waals surface area contributed by atoms with Crippen LogP contribution in [0, 0.1) is 0 Å². The Bertz CT molecular complexity index is 1150. The first-order chi connectivity index (χ1) is 13.2. The highest BCUT2D eigenvalue weighted by atomic mass is 35.5. The Hall–Kier alpha value is -2.17. The van der Waals surface area contributed by atoms with Gasteiger partial charge in [-0.1, -0.05) is 27.7 Å². The van der Waals surface area contributed by atoms with Crippen LogP contribution in [-0.4, -0.2) is 42.4 Å². The molecular formula is C17H15Cl2N3O5S. The van der Waals surface area contributed by atoms with Crippen LogP contribution < -0.4 is 0 Å². The van der Waals surface area contributed by atoms with E-state index in [0.29, 0.717) is 20.8 Å². The summed E-state index contributed by atoms with van der Waals surface area (Å²) in [6, 6.07) is 7.25. The summed E-state index contributed by atoms with van der Waals surface area (Å²) in [7, 11) is -1.61. The highest BCUT2D eigenvalue weighted by molar-refractivity contribution is 7.89. The topological polar surface area (TPSA) is 90.2 Å². The van der Waals surface area contributed by atoms with Crippen molar-refractivity contribution < 1.29 is 22.8 Å². The third-order valence-electron chi connectivity index (χ3n) is 3.86. The Morgan fingerprint density at radius 3 is 2.68 bits per heavy atom. The van der Waals surface area contributed by atoms with E-state index < -0.39 is 16.0 Å². The van der Waals surface area contributed by atoms with Gasteiger partial charge in [0, 0.05) is 19.4 Å². The Balaban J connectivity index is 1.79. The van der Waals surface area contributed by atoms with Crippen molar-refractivity contribution in [3.05, 3.63) is 64.0 Å². The van der Waals surface area contributed by atoms with Crippen molar-refractivity contribution in [2.24, 2.45) is 0 Å². The second-order valence-electron chi connectivity index (χ2n) is 5.66. The van der Waals surface area contributed by atoms with Gasteiger partial charge in [0.25, 0.3) is 10.0 Å². The van der Waals surface area contributed by atoms with Crippen LogP contribution >= 0.6 is 23.2 Å². The Morgan fingerprint density at radius 2 is 1.96 bits per heavy atom. The SMILES string of the molecule is CON(C)S(=O)(=O)c1cc(C(=O)OCc2cn3cc(Cl)ccc3n2)ccc1Cl. The van der Waals surface area contributed by atoms with Gasteiger partial charge >= 0.3 is 5.97 Å². The number of rotatable bonds is 6. The molecule has 28 heavy (non-hydrogen) atoms. The molecule has 3 aromatic rings. The van der Waals surface area contributed by atoms with Crippen LogP contribution in [0.4, 0.5) is 0 Å². The minimum absolute atomic E-state index is 0.0271. The highest BCUT2D eigenvalue weighted by Gasteiger charge is 2.25. The number of aromatic nitrogens is 2. The summed E-state index contributed by atoms with van der Waals surface area (Å²) in [5.41, 5.74) is 1.19. The molecule has 0 amide bonds. The molecule has 0 aliphatic carbocycles. The quantitative estimate of drug-likeness (QED) is 0.429. The lowest BCUT2D eigenvalue weighted by Gasteiger charge is -2.15. The lowest BCUT2D eigenvalue weighted by atomic mass is 10.2. The molecule has 0 spiro atoms. The molecule has 0 atom stereocenters. The third kappa shape index (κ3) is 4.13. The van der Waals surface area contributed by atoms with Crippen molar-refractivity contribution in [3.8, 4) is 0 Å². The van der Waals surface area contributed by atoms with E-state index in [-0.39, 0.29) is 22.1 Å². The number of benzene rings is 1. The minimum Gasteiger partial charge on any atom is -0.456 e. The van der Waals surface area contributed by atoms with Gasteiger partial charge < -0.3 is 9.14 Å². The molecule has 148 valence electrons. The molecule has 8 nitrogen and oxygen atoms in total. The van der Waals surface area contributed by atoms with Crippen molar-refractivity contribution >= 4 is 44.8 Å². The highest BCUT2D eigenvalue weighted by Crippen LogP contribution is 2.26. The Kier molecular flexibility index (Phi) is 5.92. The van der Waals surface area contributed by atoms with E-state index >= 15 is 0 Å². The van der Waals surface area contributed by atoms with E-state index in [1.54, 1.807) is 28.9 Å². The standard InChI is InChI=1S/C17H15Cl2N3O5S/c1-21(26-2)28(24,25)15-7-11(3-5-14(15)19)17(23)27-10-13-9-22-8-12(18)4-6-16(22)20-13/h3-9H,10H2,1-2H3. The molecule has 3 rings (SSSR count). The number of pyridine rings is 1. The lowest BCUT2D eigenvalue weighted by Crippen LogP contribution is -2.26. The first-order valence-electron chi connectivity index (χ1n) is 7.85. The van der Waals surface area contributed by atoms with Gasteiger partial charge in [0.1, 0.15) is 17.1 Å². The van der Waals surface area contributed by atoms with Crippen molar-refractivity contribution in [2.75, 3.05) is 14.2 Å². The van der Waals surface area contributed by atoms with E-state index in [1.807, 2.05) is 0 Å². The summed E-state index contributed by atoms with van der Waals surface area (Å²) >= 11 is 11.9. The number of halogens is 2. The number of esters is 1. The van der Waals surface area contributed by atoms with Gasteiger partial charge in [-0.15, -0.1) is 0 Å². The summed E-state index contributed by atoms with van der Waals surface area (Å²) in [5.74, 6) is -0.719. The zero-order valence-electron chi connectivity index (χ0n) is 14.8. The number of sulfonamides is 1. The number of hydrogen-bond acceptors (Lipinski definition) is 6. The minimum atomic E-state index is -4.02. The molecular weight excluding hydrogens is 429 g/mol. The largest absolute Gasteiger partial charge is 0.456 e. The van der Waals surface area contributed by atoms with Gasteiger partial charge in [-0.3, -0.25) is 4.84 Å². The number of nitrogens with zero attached hydrogens (tertiary/aromatic N) is 3. The molecule has 1 aromatic carbocycles. The summed E-state index contributed by atoms with van der Waals surface area (Å²) < 4.78 is 32.4. The molecule has 2 heterocycles. The van der Waals surface area contributed by atoms with E-state index in [2.05, 4.69) is 4.98 Å². The third-order valence-corrected chi connectivity index (χ3v) is 6.24. The summed E-state index contributed by atoms with van der Waals surface area (Å²) in [5, 5.41) is 0.502. The monoisotopic (exact) mass is 443 g/mol. The van der Waals surface area contributed by atoms with Gasteiger partial charge in [0.2, 0.25) is 0 Å². The normalized spacial score (nSPS) is 11.9. The Morgan fingerprint density at radius 1 is 1.21 bits per heavy atom. The molecule has 0 saturated heterocycles. The fraction of sp³-hybridized carbons (Fsp3) is 0.176. The number of imidazole rings is 1. The lowest BCUT2D eigenvalue weighted by molar-refractivity contribution is -0.0258. The first-order valence-corrected chi connectivity index (χ1v) is 10.0. The molecule has 2 aromatic heterocycles. The molecule has 0 fully saturated rings. The number of hydroxylamine groups is 1. The maximum atomic E-state index is 12.4. The summed E-state index contributed by atoms with van der Waals surface area (Å²) in [6.45, 7) is -0.0964. The zero-order chi connectivity index (χ0) is 20.5. The molecule has 0 aliphatic heterocycles.